The van der Waals surface area contributed by atoms with Crippen LogP contribution < -0.4 is 15.8 Å². The van der Waals surface area contributed by atoms with Crippen LogP contribution in [0.2, 0.25) is 0 Å². The molecule has 3 aliphatic rings. The van der Waals surface area contributed by atoms with Crippen LogP contribution in [-0.4, -0.2) is 21.5 Å². The van der Waals surface area contributed by atoms with Crippen molar-refractivity contribution in [2.75, 3.05) is 5.32 Å². The third kappa shape index (κ3) is 3.02. The molecular formula is C22H26N4. The summed E-state index contributed by atoms with van der Waals surface area (Å²) in [6.45, 7) is 0. The molecule has 134 valence electrons. The van der Waals surface area contributed by atoms with Crippen LogP contribution >= 0.6 is 0 Å². The third-order valence-electron chi connectivity index (χ3n) is 6.36. The van der Waals surface area contributed by atoms with Gasteiger partial charge in [0, 0.05) is 17.7 Å². The average Bonchev–Trinajstić information content (AvgIpc) is 3.28. The summed E-state index contributed by atoms with van der Waals surface area (Å²) < 4.78 is 0. The molecule has 1 aromatic heterocycles. The lowest BCUT2D eigenvalue weighted by atomic mass is 9.97. The molecule has 4 heteroatoms. The molecule has 2 unspecified atom stereocenters. The Kier molecular flexibility index (Phi) is 4.19. The lowest BCUT2D eigenvalue weighted by molar-refractivity contribution is 0.465. The van der Waals surface area contributed by atoms with Crippen molar-refractivity contribution in [3.63, 3.8) is 0 Å². The number of hydrogen-bond donors (Lipinski definition) is 1. The minimum Gasteiger partial charge on any atom is -0.366 e. The summed E-state index contributed by atoms with van der Waals surface area (Å²) in [5.74, 6) is 1.75. The number of fused-ring (bicyclic) bond motifs is 5. The number of aromatic nitrogens is 3. The average molecular weight is 346 g/mol. The first-order chi connectivity index (χ1) is 12.9. The van der Waals surface area contributed by atoms with Crippen molar-refractivity contribution in [2.24, 2.45) is 5.92 Å². The number of nitrogens with zero attached hydrogens (tertiary/aromatic N) is 3. The molecule has 5 rings (SSSR count). The minimum atomic E-state index is 0.534. The van der Waals surface area contributed by atoms with Crippen LogP contribution in [0.25, 0.3) is 22.9 Å². The SMILES string of the molecule is C1=c2cccc3c2=C(C1)CCCCCC1CCC(C1)Nc1cc-3nnn1. The van der Waals surface area contributed by atoms with Crippen LogP contribution in [0.15, 0.2) is 24.3 Å². The van der Waals surface area contributed by atoms with E-state index in [-0.39, 0.29) is 0 Å². The molecule has 0 saturated heterocycles. The zero-order valence-electron chi connectivity index (χ0n) is 15.2. The number of anilines is 1. The van der Waals surface area contributed by atoms with Gasteiger partial charge in [0.15, 0.2) is 5.82 Å². The van der Waals surface area contributed by atoms with E-state index in [1.807, 2.05) is 0 Å². The van der Waals surface area contributed by atoms with Crippen molar-refractivity contribution in [2.45, 2.75) is 63.8 Å². The van der Waals surface area contributed by atoms with Crippen LogP contribution in [0, 0.1) is 5.92 Å². The monoisotopic (exact) mass is 346 g/mol. The summed E-state index contributed by atoms with van der Waals surface area (Å²) in [5, 5.41) is 19.1. The molecule has 1 saturated carbocycles. The van der Waals surface area contributed by atoms with Gasteiger partial charge >= 0.3 is 0 Å². The molecule has 1 aliphatic heterocycles. The summed E-state index contributed by atoms with van der Waals surface area (Å²) in [5.41, 5.74) is 3.72. The highest BCUT2D eigenvalue weighted by Crippen LogP contribution is 2.32. The van der Waals surface area contributed by atoms with Gasteiger partial charge < -0.3 is 5.32 Å². The Balaban J connectivity index is 1.60. The van der Waals surface area contributed by atoms with E-state index in [0.29, 0.717) is 6.04 Å². The van der Waals surface area contributed by atoms with E-state index in [1.54, 1.807) is 5.57 Å². The second-order valence-corrected chi connectivity index (χ2v) is 8.11. The first kappa shape index (κ1) is 16.0. The van der Waals surface area contributed by atoms with Crippen LogP contribution in [0.5, 0.6) is 0 Å². The summed E-state index contributed by atoms with van der Waals surface area (Å²) in [4.78, 5) is 0. The Morgan fingerprint density at radius 1 is 1.00 bits per heavy atom. The van der Waals surface area contributed by atoms with Crippen LogP contribution in [-0.2, 0) is 0 Å². The zero-order valence-corrected chi connectivity index (χ0v) is 15.2. The first-order valence-electron chi connectivity index (χ1n) is 10.2. The Hall–Kier alpha value is -2.23. The van der Waals surface area contributed by atoms with E-state index in [4.69, 9.17) is 0 Å². The summed E-state index contributed by atoms with van der Waals surface area (Å²) in [6, 6.07) is 9.18. The highest BCUT2D eigenvalue weighted by atomic mass is 15.3. The fourth-order valence-electron chi connectivity index (χ4n) is 5.04. The van der Waals surface area contributed by atoms with Gasteiger partial charge in [0.25, 0.3) is 0 Å². The Morgan fingerprint density at radius 3 is 3.00 bits per heavy atom. The van der Waals surface area contributed by atoms with Crippen molar-refractivity contribution in [1.29, 1.82) is 0 Å². The Morgan fingerprint density at radius 2 is 2.00 bits per heavy atom. The lowest BCUT2D eigenvalue weighted by Gasteiger charge is -2.14. The Labute approximate surface area is 154 Å². The molecule has 0 amide bonds. The number of hydrogen-bond acceptors (Lipinski definition) is 4. The highest BCUT2D eigenvalue weighted by Gasteiger charge is 2.25. The number of rotatable bonds is 0. The maximum Gasteiger partial charge on any atom is 0.152 e. The van der Waals surface area contributed by atoms with Gasteiger partial charge in [0.2, 0.25) is 0 Å². The van der Waals surface area contributed by atoms with Gasteiger partial charge in [0.05, 0.1) is 5.69 Å². The van der Waals surface area contributed by atoms with E-state index in [1.165, 1.54) is 67.4 Å². The van der Waals surface area contributed by atoms with Crippen LogP contribution in [0.1, 0.15) is 57.8 Å². The van der Waals surface area contributed by atoms with Gasteiger partial charge in [-0.15, -0.1) is 10.2 Å². The molecule has 4 nitrogen and oxygen atoms in total. The summed E-state index contributed by atoms with van der Waals surface area (Å²) in [6.07, 6.45) is 13.9. The predicted molar refractivity (Wildman–Crippen MR) is 105 cm³/mol. The molecule has 4 bridgehead atoms. The fraction of sp³-hybridized carbons (Fsp3) is 0.500. The molecular weight excluding hydrogens is 320 g/mol. The fourth-order valence-corrected chi connectivity index (χ4v) is 5.04. The van der Waals surface area contributed by atoms with Gasteiger partial charge in [-0.05, 0) is 60.1 Å². The molecule has 1 N–H and O–H groups in total. The maximum atomic E-state index is 4.38. The van der Waals surface area contributed by atoms with Crippen LogP contribution in [0.3, 0.4) is 0 Å². The molecule has 1 aromatic carbocycles. The van der Waals surface area contributed by atoms with Crippen molar-refractivity contribution < 1.29 is 0 Å². The second-order valence-electron chi connectivity index (χ2n) is 8.11. The lowest BCUT2D eigenvalue weighted by Crippen LogP contribution is -2.25. The van der Waals surface area contributed by atoms with Gasteiger partial charge in [-0.3, -0.25) is 0 Å². The Bertz CT molecular complexity index is 933. The minimum absolute atomic E-state index is 0.534. The van der Waals surface area contributed by atoms with Crippen LogP contribution in [0.4, 0.5) is 5.82 Å². The predicted octanol–water partition coefficient (Wildman–Crippen LogP) is 3.42. The molecule has 2 heterocycles. The van der Waals surface area contributed by atoms with Gasteiger partial charge in [0.1, 0.15) is 0 Å². The third-order valence-corrected chi connectivity index (χ3v) is 6.36. The largest absolute Gasteiger partial charge is 0.366 e. The topological polar surface area (TPSA) is 50.7 Å². The normalized spacial score (nSPS) is 24.8. The van der Waals surface area contributed by atoms with Crippen molar-refractivity contribution in [3.8, 4) is 11.3 Å². The van der Waals surface area contributed by atoms with Gasteiger partial charge in [-0.2, -0.15) is 0 Å². The van der Waals surface area contributed by atoms with E-state index < -0.39 is 0 Å². The molecule has 0 radical (unpaired) electrons. The number of benzene rings is 1. The molecule has 1 fully saturated rings. The quantitative estimate of drug-likeness (QED) is 0.794. The molecule has 2 aliphatic carbocycles. The van der Waals surface area contributed by atoms with E-state index in [0.717, 1.165) is 23.9 Å². The maximum absolute atomic E-state index is 4.38. The van der Waals surface area contributed by atoms with E-state index in [9.17, 15) is 0 Å². The van der Waals surface area contributed by atoms with E-state index in [2.05, 4.69) is 51.1 Å². The van der Waals surface area contributed by atoms with Gasteiger partial charge in [-0.25, -0.2) is 0 Å². The molecule has 2 atom stereocenters. The number of nitrogens with one attached hydrogen (secondary N) is 1. The molecule has 0 spiro atoms. The van der Waals surface area contributed by atoms with Crippen molar-refractivity contribution >= 4 is 17.5 Å². The van der Waals surface area contributed by atoms with E-state index >= 15 is 0 Å². The van der Waals surface area contributed by atoms with Crippen molar-refractivity contribution in [1.82, 2.24) is 15.4 Å². The summed E-state index contributed by atoms with van der Waals surface area (Å²) in [7, 11) is 0. The van der Waals surface area contributed by atoms with Gasteiger partial charge in [-0.1, -0.05) is 49.1 Å². The smallest absolute Gasteiger partial charge is 0.152 e. The van der Waals surface area contributed by atoms with Crippen molar-refractivity contribution in [3.05, 3.63) is 34.7 Å². The zero-order chi connectivity index (χ0) is 17.3. The standard InChI is InChI=1S/C22H26N4/c1-2-5-15-9-12-18(13-15)23-21-14-20(24-26-25-21)19-8-4-7-17-11-10-16(6-3-1)22(17)19/h4,7-8,11,14-15,18H,1-3,5-6,9-10,12-13H2,(H,23,24,25). The summed E-state index contributed by atoms with van der Waals surface area (Å²) >= 11 is 0. The second kappa shape index (κ2) is 6.82. The highest BCUT2D eigenvalue weighted by molar-refractivity contribution is 5.71. The first-order valence-corrected chi connectivity index (χ1v) is 10.2. The molecule has 26 heavy (non-hydrogen) atoms. The molecule has 2 aromatic rings.